The average Bonchev–Trinajstić information content (AvgIpc) is 2.86. The van der Waals surface area contributed by atoms with Crippen molar-refractivity contribution >= 4 is 17.6 Å². The molecule has 8 heteroatoms. The highest BCUT2D eigenvalue weighted by Gasteiger charge is 2.54. The van der Waals surface area contributed by atoms with Crippen LogP contribution in [0.15, 0.2) is 72.8 Å². The molecule has 0 saturated carbocycles. The van der Waals surface area contributed by atoms with Crippen LogP contribution < -0.4 is 10.1 Å². The number of aliphatic hydroxyl groups excluding tert-OH is 1. The van der Waals surface area contributed by atoms with E-state index in [1.165, 1.54) is 24.1 Å². The molecule has 0 bridgehead atoms. The van der Waals surface area contributed by atoms with Crippen LogP contribution in [0.2, 0.25) is 0 Å². The smallest absolute Gasteiger partial charge is 0.322 e. The number of aliphatic hydroxyl groups is 1. The minimum atomic E-state index is -0.375. The van der Waals surface area contributed by atoms with E-state index in [0.29, 0.717) is 18.0 Å². The molecule has 0 radical (unpaired) electrons. The van der Waals surface area contributed by atoms with Gasteiger partial charge in [-0.25, -0.2) is 9.18 Å². The summed E-state index contributed by atoms with van der Waals surface area (Å²) >= 11 is 0. The van der Waals surface area contributed by atoms with Gasteiger partial charge in [0.05, 0.1) is 31.5 Å². The van der Waals surface area contributed by atoms with E-state index in [1.54, 1.807) is 35.2 Å². The van der Waals surface area contributed by atoms with Crippen LogP contribution in [-0.4, -0.2) is 65.7 Å². The van der Waals surface area contributed by atoms with E-state index >= 15 is 0 Å². The van der Waals surface area contributed by atoms with Crippen LogP contribution in [0, 0.1) is 5.82 Å². The molecular weight excluding hydrogens is 449 g/mol. The van der Waals surface area contributed by atoms with E-state index < -0.39 is 0 Å². The highest BCUT2D eigenvalue weighted by molar-refractivity contribution is 5.94. The largest absolute Gasteiger partial charge is 0.495 e. The summed E-state index contributed by atoms with van der Waals surface area (Å²) in [4.78, 5) is 29.1. The number of rotatable bonds is 5. The lowest BCUT2D eigenvalue weighted by Crippen LogP contribution is -2.73. The van der Waals surface area contributed by atoms with Crippen molar-refractivity contribution in [2.45, 2.75) is 18.0 Å². The van der Waals surface area contributed by atoms with Crippen molar-refractivity contribution in [3.05, 3.63) is 84.2 Å². The topological polar surface area (TPSA) is 82.1 Å². The average molecular weight is 476 g/mol. The number of urea groups is 1. The maximum Gasteiger partial charge on any atom is 0.322 e. The highest BCUT2D eigenvalue weighted by Crippen LogP contribution is 2.43. The van der Waals surface area contributed by atoms with E-state index in [1.807, 2.05) is 30.3 Å². The number of nitrogens with one attached hydrogen (secondary N) is 1. The number of carbonyl (C=O) groups excluding carboxylic acids is 2. The van der Waals surface area contributed by atoms with Gasteiger partial charge < -0.3 is 25.0 Å². The Hall–Kier alpha value is -3.91. The van der Waals surface area contributed by atoms with Gasteiger partial charge in [0.25, 0.3) is 0 Å². The first-order valence-electron chi connectivity index (χ1n) is 11.5. The van der Waals surface area contributed by atoms with Gasteiger partial charge in [-0.3, -0.25) is 4.79 Å². The molecule has 0 spiro atoms. The number of amides is 3. The van der Waals surface area contributed by atoms with Crippen molar-refractivity contribution < 1.29 is 23.8 Å². The van der Waals surface area contributed by atoms with E-state index in [0.717, 1.165) is 16.7 Å². The number of carbonyl (C=O) groups is 2. The number of halogens is 1. The van der Waals surface area contributed by atoms with Crippen molar-refractivity contribution in [2.75, 3.05) is 32.1 Å². The molecule has 2 heterocycles. The van der Waals surface area contributed by atoms with E-state index in [2.05, 4.69) is 5.32 Å². The first kappa shape index (κ1) is 22.9. The lowest BCUT2D eigenvalue weighted by Gasteiger charge is -2.58. The molecule has 3 amide bonds. The van der Waals surface area contributed by atoms with E-state index in [9.17, 15) is 19.1 Å². The molecule has 3 atom stereocenters. The summed E-state index contributed by atoms with van der Waals surface area (Å²) in [6, 6.07) is 20.3. The fourth-order valence-electron chi connectivity index (χ4n) is 5.14. The number of piperazine rings is 1. The number of anilines is 1. The third-order valence-electron chi connectivity index (χ3n) is 6.86. The Labute approximate surface area is 202 Å². The van der Waals surface area contributed by atoms with Crippen molar-refractivity contribution in [1.29, 1.82) is 0 Å². The Kier molecular flexibility index (Phi) is 6.13. The standard InChI is InChI=1S/C27H26FN3O4/c1-35-24-5-3-2-4-21(24)29-27(34)30-14-22-26(23(16-32)31(22)25(33)15-30)19-8-6-17(7-9-19)18-10-12-20(28)13-11-18/h2-13,22-23,26,32H,14-16H2,1H3,(H,29,34)/t22-,23+,26-/m1/s1. The predicted octanol–water partition coefficient (Wildman–Crippen LogP) is 3.70. The molecule has 0 aromatic heterocycles. The summed E-state index contributed by atoms with van der Waals surface area (Å²) in [6.07, 6.45) is 0. The Morgan fingerprint density at radius 1 is 1.06 bits per heavy atom. The Balaban J connectivity index is 1.34. The second kappa shape index (κ2) is 9.38. The second-order valence-electron chi connectivity index (χ2n) is 8.78. The van der Waals surface area contributed by atoms with E-state index in [4.69, 9.17) is 4.74 Å². The van der Waals surface area contributed by atoms with Gasteiger partial charge >= 0.3 is 6.03 Å². The SMILES string of the molecule is COc1ccccc1NC(=O)N1CC(=O)N2[C@H](C1)[C@@H](c1ccc(-c3ccc(F)cc3)cc1)[C@@H]2CO. The molecule has 5 rings (SSSR count). The van der Waals surface area contributed by atoms with Crippen LogP contribution in [0.25, 0.3) is 11.1 Å². The van der Waals surface area contributed by atoms with Gasteiger partial charge in [-0.05, 0) is 41.0 Å². The first-order valence-corrected chi connectivity index (χ1v) is 11.5. The number of para-hydroxylation sites is 2. The van der Waals surface area contributed by atoms with Crippen molar-refractivity contribution in [3.63, 3.8) is 0 Å². The fraction of sp³-hybridized carbons (Fsp3) is 0.259. The summed E-state index contributed by atoms with van der Waals surface area (Å²) in [5.74, 6) is -0.0383. The van der Waals surface area contributed by atoms with Gasteiger partial charge in [0.1, 0.15) is 18.1 Å². The number of benzene rings is 3. The molecule has 180 valence electrons. The van der Waals surface area contributed by atoms with Gasteiger partial charge in [-0.2, -0.15) is 0 Å². The number of hydrogen-bond donors (Lipinski definition) is 2. The van der Waals surface area contributed by atoms with E-state index in [-0.39, 0.29) is 48.9 Å². The van der Waals surface area contributed by atoms with Gasteiger partial charge in [0, 0.05) is 12.5 Å². The van der Waals surface area contributed by atoms with Crippen LogP contribution in [0.4, 0.5) is 14.9 Å². The maximum atomic E-state index is 13.3. The molecule has 0 aliphatic carbocycles. The highest BCUT2D eigenvalue weighted by atomic mass is 19.1. The summed E-state index contributed by atoms with van der Waals surface area (Å²) in [7, 11) is 1.53. The van der Waals surface area contributed by atoms with Crippen LogP contribution >= 0.6 is 0 Å². The zero-order valence-electron chi connectivity index (χ0n) is 19.2. The zero-order valence-corrected chi connectivity index (χ0v) is 19.2. The Morgan fingerprint density at radius 2 is 1.71 bits per heavy atom. The summed E-state index contributed by atoms with van der Waals surface area (Å²) < 4.78 is 18.6. The molecular formula is C27H26FN3O4. The molecule has 7 nitrogen and oxygen atoms in total. The lowest BCUT2D eigenvalue weighted by atomic mass is 9.73. The Morgan fingerprint density at radius 3 is 2.37 bits per heavy atom. The molecule has 2 fully saturated rings. The molecule has 35 heavy (non-hydrogen) atoms. The normalized spacial score (nSPS) is 21.2. The first-order chi connectivity index (χ1) is 17.0. The zero-order chi connectivity index (χ0) is 24.5. The molecule has 2 N–H and O–H groups in total. The van der Waals surface area contributed by atoms with Crippen LogP contribution in [0.3, 0.4) is 0 Å². The summed E-state index contributed by atoms with van der Waals surface area (Å²) in [5, 5.41) is 12.9. The minimum absolute atomic E-state index is 0.0514. The molecule has 2 aliphatic rings. The van der Waals surface area contributed by atoms with Crippen LogP contribution in [-0.2, 0) is 4.79 Å². The quantitative estimate of drug-likeness (QED) is 0.590. The van der Waals surface area contributed by atoms with Gasteiger partial charge in [-0.1, -0.05) is 48.5 Å². The molecule has 2 saturated heterocycles. The van der Waals surface area contributed by atoms with Crippen LogP contribution in [0.1, 0.15) is 11.5 Å². The number of ether oxygens (including phenoxy) is 1. The van der Waals surface area contributed by atoms with Crippen molar-refractivity contribution in [1.82, 2.24) is 9.80 Å². The summed E-state index contributed by atoms with van der Waals surface area (Å²) in [5.41, 5.74) is 3.36. The van der Waals surface area contributed by atoms with Crippen LogP contribution in [0.5, 0.6) is 5.75 Å². The third-order valence-corrected chi connectivity index (χ3v) is 6.86. The molecule has 0 unspecified atom stereocenters. The van der Waals surface area contributed by atoms with Gasteiger partial charge in [-0.15, -0.1) is 0 Å². The number of hydrogen-bond acceptors (Lipinski definition) is 4. The van der Waals surface area contributed by atoms with Gasteiger partial charge in [0.2, 0.25) is 5.91 Å². The second-order valence-corrected chi connectivity index (χ2v) is 8.78. The van der Waals surface area contributed by atoms with Gasteiger partial charge in [0.15, 0.2) is 0 Å². The Bertz CT molecular complexity index is 1230. The molecule has 3 aromatic rings. The lowest BCUT2D eigenvalue weighted by molar-refractivity contribution is -0.159. The number of nitrogens with zero attached hydrogens (tertiary/aromatic N) is 2. The molecule has 2 aliphatic heterocycles. The van der Waals surface area contributed by atoms with Crippen molar-refractivity contribution in [3.8, 4) is 16.9 Å². The minimum Gasteiger partial charge on any atom is -0.495 e. The monoisotopic (exact) mass is 475 g/mol. The fourth-order valence-corrected chi connectivity index (χ4v) is 5.14. The number of methoxy groups -OCH3 is 1. The predicted molar refractivity (Wildman–Crippen MR) is 130 cm³/mol. The maximum absolute atomic E-state index is 13.3. The summed E-state index contributed by atoms with van der Waals surface area (Å²) in [6.45, 7) is 0.151. The third kappa shape index (κ3) is 4.21. The van der Waals surface area contributed by atoms with Crippen molar-refractivity contribution in [2.24, 2.45) is 0 Å². The molecule has 3 aromatic carbocycles. The number of fused-ring (bicyclic) bond motifs is 1.